The lowest BCUT2D eigenvalue weighted by molar-refractivity contribution is -0.318. The first-order chi connectivity index (χ1) is 32.4. The molecule has 6 rings (SSSR count). The SMILES string of the molecule is CC(=O)OC1C(NC(=O)c2ccccc2)CC(N)C(OC2OC([C@@H](C)OC(C)=O)C(OC(C)=O)C(OC(C)=O)C2N)C1OC1OC(CN)C(OC(=O)c2ccccc2)C1OC(=O)c1ccccc1. The van der Waals surface area contributed by atoms with Gasteiger partial charge in [-0.05, 0) is 49.7 Å². The Labute approximate surface area is 391 Å². The fourth-order valence-electron chi connectivity index (χ4n) is 8.35. The third-order valence-corrected chi connectivity index (χ3v) is 11.3. The maximum atomic E-state index is 13.8. The number of hydrogen-bond acceptors (Lipinski definition) is 20. The van der Waals surface area contributed by atoms with Crippen molar-refractivity contribution in [2.24, 2.45) is 17.2 Å². The van der Waals surface area contributed by atoms with E-state index in [-0.39, 0.29) is 29.7 Å². The predicted molar refractivity (Wildman–Crippen MR) is 234 cm³/mol. The molecule has 1 aliphatic carbocycles. The molecule has 14 unspecified atom stereocenters. The molecule has 68 heavy (non-hydrogen) atoms. The van der Waals surface area contributed by atoms with Crippen LogP contribution >= 0.6 is 0 Å². The van der Waals surface area contributed by atoms with Crippen LogP contribution in [-0.2, 0) is 66.5 Å². The van der Waals surface area contributed by atoms with E-state index >= 15 is 0 Å². The van der Waals surface area contributed by atoms with Crippen molar-refractivity contribution in [2.75, 3.05) is 6.54 Å². The largest absolute Gasteiger partial charge is 0.460 e. The molecule has 2 heterocycles. The van der Waals surface area contributed by atoms with Crippen molar-refractivity contribution in [2.45, 2.75) is 133 Å². The van der Waals surface area contributed by atoms with Crippen molar-refractivity contribution in [3.63, 3.8) is 0 Å². The molecule has 3 aromatic rings. The van der Waals surface area contributed by atoms with Gasteiger partial charge in [-0.3, -0.25) is 24.0 Å². The minimum atomic E-state index is -1.69. The van der Waals surface area contributed by atoms with E-state index in [2.05, 4.69) is 5.32 Å². The van der Waals surface area contributed by atoms with E-state index < -0.39 is 133 Å². The van der Waals surface area contributed by atoms with Gasteiger partial charge in [-0.25, -0.2) is 9.59 Å². The molecule has 0 spiro atoms. The van der Waals surface area contributed by atoms with Crippen molar-refractivity contribution < 1.29 is 80.9 Å². The van der Waals surface area contributed by atoms with E-state index in [0.717, 1.165) is 27.7 Å². The highest BCUT2D eigenvalue weighted by molar-refractivity contribution is 5.94. The van der Waals surface area contributed by atoms with Crippen LogP contribution in [0.5, 0.6) is 0 Å². The third-order valence-electron chi connectivity index (χ3n) is 11.3. The Balaban J connectivity index is 1.43. The first kappa shape index (κ1) is 51.1. The van der Waals surface area contributed by atoms with Gasteiger partial charge in [0.05, 0.1) is 23.2 Å². The normalized spacial score (nSPS) is 30.4. The number of nitrogens with two attached hydrogens (primary N) is 3. The zero-order valence-electron chi connectivity index (χ0n) is 37.9. The van der Waals surface area contributed by atoms with Crippen LogP contribution in [0.1, 0.15) is 72.1 Å². The zero-order chi connectivity index (χ0) is 49.2. The van der Waals surface area contributed by atoms with Crippen LogP contribution < -0.4 is 22.5 Å². The average molecular weight is 949 g/mol. The summed E-state index contributed by atoms with van der Waals surface area (Å²) in [4.78, 5) is 91.4. The lowest BCUT2D eigenvalue weighted by Crippen LogP contribution is -2.70. The van der Waals surface area contributed by atoms with Crippen LogP contribution in [0.2, 0.25) is 0 Å². The van der Waals surface area contributed by atoms with Crippen LogP contribution in [0.25, 0.3) is 0 Å². The van der Waals surface area contributed by atoms with Crippen LogP contribution in [0.15, 0.2) is 91.0 Å². The molecular weight excluding hydrogens is 893 g/mol. The summed E-state index contributed by atoms with van der Waals surface area (Å²) in [6, 6.07) is 20.4. The highest BCUT2D eigenvalue weighted by atomic mass is 16.8. The summed E-state index contributed by atoms with van der Waals surface area (Å²) in [6.45, 7) is 5.63. The number of esters is 6. The Morgan fingerprint density at radius 3 is 1.57 bits per heavy atom. The molecule has 3 fully saturated rings. The molecular formula is C47H56N4O17. The number of rotatable bonds is 16. The van der Waals surface area contributed by atoms with E-state index in [4.69, 9.17) is 64.6 Å². The van der Waals surface area contributed by atoms with Gasteiger partial charge in [0, 0.05) is 45.8 Å². The molecule has 1 saturated carbocycles. The maximum absolute atomic E-state index is 13.8. The maximum Gasteiger partial charge on any atom is 0.338 e. The summed E-state index contributed by atoms with van der Waals surface area (Å²) in [5.41, 5.74) is 20.4. The number of nitrogens with one attached hydrogen (secondary N) is 1. The molecule has 366 valence electrons. The first-order valence-corrected chi connectivity index (χ1v) is 21.9. The summed E-state index contributed by atoms with van der Waals surface area (Å²) in [5, 5.41) is 2.88. The third kappa shape index (κ3) is 12.6. The summed E-state index contributed by atoms with van der Waals surface area (Å²) >= 11 is 0. The van der Waals surface area contributed by atoms with Gasteiger partial charge >= 0.3 is 35.8 Å². The van der Waals surface area contributed by atoms with E-state index in [1.807, 2.05) is 0 Å². The lowest BCUT2D eigenvalue weighted by Gasteiger charge is -2.49. The Bertz CT molecular complexity index is 2240. The van der Waals surface area contributed by atoms with E-state index in [1.165, 1.54) is 31.2 Å². The second-order valence-corrected chi connectivity index (χ2v) is 16.4. The number of carbonyl (C=O) groups excluding carboxylic acids is 7. The highest BCUT2D eigenvalue weighted by Gasteiger charge is 2.58. The van der Waals surface area contributed by atoms with Gasteiger partial charge in [-0.1, -0.05) is 54.6 Å². The second-order valence-electron chi connectivity index (χ2n) is 16.4. The van der Waals surface area contributed by atoms with Crippen molar-refractivity contribution in [1.82, 2.24) is 5.32 Å². The Kier molecular flexibility index (Phi) is 17.4. The molecule has 0 aromatic heterocycles. The molecule has 0 radical (unpaired) electrons. The Morgan fingerprint density at radius 1 is 0.574 bits per heavy atom. The fourth-order valence-corrected chi connectivity index (χ4v) is 8.35. The minimum Gasteiger partial charge on any atom is -0.460 e. The highest BCUT2D eigenvalue weighted by Crippen LogP contribution is 2.37. The van der Waals surface area contributed by atoms with Crippen molar-refractivity contribution in [1.29, 1.82) is 0 Å². The first-order valence-electron chi connectivity index (χ1n) is 21.9. The molecule has 2 saturated heterocycles. The van der Waals surface area contributed by atoms with Gasteiger partial charge in [0.2, 0.25) is 0 Å². The summed E-state index contributed by atoms with van der Waals surface area (Å²) in [7, 11) is 0. The number of benzene rings is 3. The summed E-state index contributed by atoms with van der Waals surface area (Å²) in [5.74, 6) is -5.42. The molecule has 3 aliphatic rings. The molecule has 21 heteroatoms. The van der Waals surface area contributed by atoms with Crippen molar-refractivity contribution in [3.05, 3.63) is 108 Å². The quantitative estimate of drug-likeness (QED) is 0.116. The molecule has 7 N–H and O–H groups in total. The van der Waals surface area contributed by atoms with Crippen LogP contribution in [0.4, 0.5) is 0 Å². The molecule has 1 amide bonds. The summed E-state index contributed by atoms with van der Waals surface area (Å²) < 4.78 is 60.5. The van der Waals surface area contributed by atoms with Crippen molar-refractivity contribution >= 4 is 41.7 Å². The van der Waals surface area contributed by atoms with Crippen LogP contribution in [0.3, 0.4) is 0 Å². The van der Waals surface area contributed by atoms with E-state index in [1.54, 1.807) is 66.7 Å². The van der Waals surface area contributed by atoms with Crippen LogP contribution in [0, 0.1) is 0 Å². The van der Waals surface area contributed by atoms with Crippen LogP contribution in [-0.4, -0.2) is 140 Å². The molecule has 3 aromatic carbocycles. The standard InChI is InChI=1S/C47H56N4O17/c1-23(59-24(2)52)35-40(62-27(5)55)39(61-26(4)54)34(50)46(66-35)67-36-31(49)21-32(51-43(56)28-15-9-6-10-16-28)37(60-25(3)53)41(36)68-47-42(65-45(58)30-19-13-8-14-20-30)38(33(22-48)63-47)64-44(57)29-17-11-7-12-18-29/h6-20,23,31-42,46-47H,21-22,48-50H2,1-5H3,(H,51,56)/t23-,31?,32?,33?,34?,35?,36?,37?,38?,39?,40?,41?,42?,46?,47?/m1/s1. The molecule has 15 atom stereocenters. The molecule has 21 nitrogen and oxygen atoms in total. The number of hydrogen-bond donors (Lipinski definition) is 4. The van der Waals surface area contributed by atoms with Gasteiger partial charge in [-0.2, -0.15) is 0 Å². The number of ether oxygens (including phenoxy) is 10. The monoisotopic (exact) mass is 948 g/mol. The predicted octanol–water partition coefficient (Wildman–Crippen LogP) is 1.22. The summed E-state index contributed by atoms with van der Waals surface area (Å²) in [6.07, 6.45) is -17.6. The van der Waals surface area contributed by atoms with E-state index in [0.29, 0.717) is 0 Å². The van der Waals surface area contributed by atoms with Gasteiger partial charge < -0.3 is 69.9 Å². The Morgan fingerprint density at radius 2 is 1.06 bits per heavy atom. The van der Waals surface area contributed by atoms with Gasteiger partial charge in [0.1, 0.15) is 30.5 Å². The topological polar surface area (TPSA) is 302 Å². The van der Waals surface area contributed by atoms with Gasteiger partial charge in [0.15, 0.2) is 43.1 Å². The Hall–Kier alpha value is -6.33. The minimum absolute atomic E-state index is 0.119. The van der Waals surface area contributed by atoms with Crippen molar-refractivity contribution in [3.8, 4) is 0 Å². The average Bonchev–Trinajstić information content (AvgIpc) is 3.62. The second kappa shape index (κ2) is 23.1. The fraction of sp³-hybridized carbons (Fsp3) is 0.468. The lowest BCUT2D eigenvalue weighted by atomic mass is 9.83. The smallest absolute Gasteiger partial charge is 0.338 e. The number of carbonyl (C=O) groups is 7. The zero-order valence-corrected chi connectivity index (χ0v) is 37.9. The van der Waals surface area contributed by atoms with E-state index in [9.17, 15) is 33.6 Å². The van der Waals surface area contributed by atoms with Gasteiger partial charge in [-0.15, -0.1) is 0 Å². The molecule has 2 aliphatic heterocycles. The van der Waals surface area contributed by atoms with Gasteiger partial charge in [0.25, 0.3) is 5.91 Å². The molecule has 0 bridgehead atoms. The number of amides is 1.